The van der Waals surface area contributed by atoms with E-state index < -0.39 is 0 Å². The van der Waals surface area contributed by atoms with Crippen LogP contribution in [0.4, 0.5) is 0 Å². The van der Waals surface area contributed by atoms with Crippen LogP contribution in [0.3, 0.4) is 0 Å². The van der Waals surface area contributed by atoms with E-state index in [1.165, 1.54) is 0 Å². The molecular formula is C17H30IN3O2. The predicted molar refractivity (Wildman–Crippen MR) is 107 cm³/mol. The van der Waals surface area contributed by atoms with Crippen molar-refractivity contribution in [1.82, 2.24) is 10.6 Å². The van der Waals surface area contributed by atoms with E-state index in [-0.39, 0.29) is 24.0 Å². The zero-order valence-corrected chi connectivity index (χ0v) is 16.9. The van der Waals surface area contributed by atoms with Gasteiger partial charge in [0.25, 0.3) is 0 Å². The third-order valence-corrected chi connectivity index (χ3v) is 3.19. The van der Waals surface area contributed by atoms with Gasteiger partial charge in [-0.2, -0.15) is 0 Å². The van der Waals surface area contributed by atoms with E-state index in [9.17, 15) is 0 Å². The molecule has 0 aliphatic heterocycles. The van der Waals surface area contributed by atoms with E-state index in [1.54, 1.807) is 14.2 Å². The lowest BCUT2D eigenvalue weighted by Gasteiger charge is -2.15. The summed E-state index contributed by atoms with van der Waals surface area (Å²) in [6.45, 7) is 7.19. The van der Waals surface area contributed by atoms with Crippen LogP contribution in [0.15, 0.2) is 29.3 Å². The molecule has 1 aromatic rings. The van der Waals surface area contributed by atoms with E-state index in [1.807, 2.05) is 18.2 Å². The molecule has 0 unspecified atom stereocenters. The first-order chi connectivity index (χ1) is 10.7. The third-order valence-electron chi connectivity index (χ3n) is 3.19. The van der Waals surface area contributed by atoms with E-state index in [4.69, 9.17) is 9.47 Å². The number of hydrogen-bond donors (Lipinski definition) is 2. The first-order valence-electron chi connectivity index (χ1n) is 7.81. The smallest absolute Gasteiger partial charge is 0.191 e. The minimum Gasteiger partial charge on any atom is -0.493 e. The van der Waals surface area contributed by atoms with Crippen molar-refractivity contribution in [2.24, 2.45) is 10.9 Å². The highest BCUT2D eigenvalue weighted by atomic mass is 127. The summed E-state index contributed by atoms with van der Waals surface area (Å²) in [5, 5.41) is 6.48. The zero-order chi connectivity index (χ0) is 16.2. The molecule has 1 rings (SSSR count). The minimum atomic E-state index is 0. The molecule has 0 radical (unpaired) electrons. The molecule has 1 aromatic carbocycles. The van der Waals surface area contributed by atoms with E-state index >= 15 is 0 Å². The maximum absolute atomic E-state index is 5.89. The molecule has 2 N–H and O–H groups in total. The minimum absolute atomic E-state index is 0. The van der Waals surface area contributed by atoms with Crippen LogP contribution in [0.25, 0.3) is 0 Å². The Balaban J connectivity index is 0.00000484. The summed E-state index contributed by atoms with van der Waals surface area (Å²) in [5.74, 6) is 2.34. The summed E-state index contributed by atoms with van der Waals surface area (Å²) < 4.78 is 10.9. The second kappa shape index (κ2) is 13.4. The summed E-state index contributed by atoms with van der Waals surface area (Å²) >= 11 is 0. The fraction of sp³-hybridized carbons (Fsp3) is 0.588. The van der Waals surface area contributed by atoms with Gasteiger partial charge in [0.1, 0.15) is 5.75 Å². The van der Waals surface area contributed by atoms with E-state index in [0.717, 1.165) is 36.8 Å². The number of ether oxygens (including phenoxy) is 2. The Morgan fingerprint density at radius 1 is 1.17 bits per heavy atom. The molecule has 0 spiro atoms. The lowest BCUT2D eigenvalue weighted by Crippen LogP contribution is -2.38. The lowest BCUT2D eigenvalue weighted by atomic mass is 10.1. The summed E-state index contributed by atoms with van der Waals surface area (Å²) in [5.41, 5.74) is 1.13. The van der Waals surface area contributed by atoms with E-state index in [0.29, 0.717) is 19.1 Å². The van der Waals surface area contributed by atoms with Gasteiger partial charge >= 0.3 is 0 Å². The fourth-order valence-electron chi connectivity index (χ4n) is 1.87. The first kappa shape index (κ1) is 22.0. The largest absolute Gasteiger partial charge is 0.493 e. The molecular weight excluding hydrogens is 405 g/mol. The summed E-state index contributed by atoms with van der Waals surface area (Å²) in [7, 11) is 3.44. The predicted octanol–water partition coefficient (Wildman–Crippen LogP) is 3.04. The van der Waals surface area contributed by atoms with Crippen molar-refractivity contribution in [2.45, 2.75) is 26.8 Å². The number of benzene rings is 1. The van der Waals surface area contributed by atoms with Gasteiger partial charge in [-0.05, 0) is 18.4 Å². The SMILES string of the molecule is CN=C(NCCOC)NCc1ccccc1OCCC(C)C.I. The summed E-state index contributed by atoms with van der Waals surface area (Å²) in [4.78, 5) is 4.19. The van der Waals surface area contributed by atoms with E-state index in [2.05, 4.69) is 35.5 Å². The molecule has 0 saturated carbocycles. The van der Waals surface area contributed by atoms with Gasteiger partial charge in [0.15, 0.2) is 5.96 Å². The first-order valence-corrected chi connectivity index (χ1v) is 7.81. The molecule has 5 nitrogen and oxygen atoms in total. The molecule has 0 atom stereocenters. The maximum Gasteiger partial charge on any atom is 0.191 e. The Labute approximate surface area is 157 Å². The van der Waals surface area contributed by atoms with Gasteiger partial charge in [0.05, 0.1) is 13.2 Å². The molecule has 0 saturated heterocycles. The monoisotopic (exact) mass is 435 g/mol. The average molecular weight is 435 g/mol. The zero-order valence-electron chi connectivity index (χ0n) is 14.6. The molecule has 0 amide bonds. The molecule has 0 aliphatic rings. The summed E-state index contributed by atoms with van der Waals surface area (Å²) in [6, 6.07) is 8.10. The molecule has 0 aliphatic carbocycles. The van der Waals surface area contributed by atoms with Crippen molar-refractivity contribution in [1.29, 1.82) is 0 Å². The Morgan fingerprint density at radius 2 is 1.91 bits per heavy atom. The van der Waals surface area contributed by atoms with Gasteiger partial charge in [-0.15, -0.1) is 24.0 Å². The molecule has 6 heteroatoms. The quantitative estimate of drug-likeness (QED) is 0.271. The van der Waals surface area contributed by atoms with Crippen molar-refractivity contribution in [3.05, 3.63) is 29.8 Å². The van der Waals surface area contributed by atoms with Crippen LogP contribution in [0.5, 0.6) is 5.75 Å². The summed E-state index contributed by atoms with van der Waals surface area (Å²) in [6.07, 6.45) is 1.06. The van der Waals surface area contributed by atoms with Crippen molar-refractivity contribution >= 4 is 29.9 Å². The molecule has 132 valence electrons. The van der Waals surface area contributed by atoms with Gasteiger partial charge in [0, 0.05) is 32.8 Å². The molecule has 0 fully saturated rings. The molecule has 0 aromatic heterocycles. The number of nitrogens with one attached hydrogen (secondary N) is 2. The van der Waals surface area contributed by atoms with Gasteiger partial charge in [0.2, 0.25) is 0 Å². The highest BCUT2D eigenvalue weighted by Crippen LogP contribution is 2.18. The second-order valence-electron chi connectivity index (χ2n) is 5.48. The number of methoxy groups -OCH3 is 1. The number of rotatable bonds is 9. The van der Waals surface area contributed by atoms with Gasteiger partial charge in [-0.3, -0.25) is 4.99 Å². The Hall–Kier alpha value is -1.02. The highest BCUT2D eigenvalue weighted by molar-refractivity contribution is 14.0. The topological polar surface area (TPSA) is 54.9 Å². The number of halogens is 1. The number of nitrogens with zero attached hydrogens (tertiary/aromatic N) is 1. The van der Waals surface area contributed by atoms with Crippen LogP contribution in [0, 0.1) is 5.92 Å². The number of para-hydroxylation sites is 1. The van der Waals surface area contributed by atoms with Crippen molar-refractivity contribution in [3.8, 4) is 5.75 Å². The molecule has 0 heterocycles. The number of aliphatic imine (C=N–C) groups is 1. The van der Waals surface area contributed by atoms with Crippen LogP contribution in [0.2, 0.25) is 0 Å². The van der Waals surface area contributed by atoms with Crippen LogP contribution in [-0.2, 0) is 11.3 Å². The highest BCUT2D eigenvalue weighted by Gasteiger charge is 2.05. The Bertz CT molecular complexity index is 453. The molecule has 23 heavy (non-hydrogen) atoms. The van der Waals surface area contributed by atoms with Gasteiger partial charge < -0.3 is 20.1 Å². The van der Waals surface area contributed by atoms with Gasteiger partial charge in [-0.1, -0.05) is 32.0 Å². The average Bonchev–Trinajstić information content (AvgIpc) is 2.51. The molecule has 0 bridgehead atoms. The number of hydrogen-bond acceptors (Lipinski definition) is 3. The van der Waals surface area contributed by atoms with Crippen LogP contribution >= 0.6 is 24.0 Å². The normalized spacial score (nSPS) is 11.1. The fourth-order valence-corrected chi connectivity index (χ4v) is 1.87. The maximum atomic E-state index is 5.89. The Kier molecular flexibility index (Phi) is 12.8. The van der Waals surface area contributed by atoms with Crippen LogP contribution in [0.1, 0.15) is 25.8 Å². The van der Waals surface area contributed by atoms with Crippen molar-refractivity contribution in [2.75, 3.05) is 33.9 Å². The standard InChI is InChI=1S/C17H29N3O2.HI/c1-14(2)9-11-22-16-8-6-5-7-15(16)13-20-17(18-3)19-10-12-21-4;/h5-8,14H,9-13H2,1-4H3,(H2,18,19,20);1H. The second-order valence-corrected chi connectivity index (χ2v) is 5.48. The lowest BCUT2D eigenvalue weighted by molar-refractivity contribution is 0.203. The van der Waals surface area contributed by atoms with Crippen LogP contribution < -0.4 is 15.4 Å². The third kappa shape index (κ3) is 9.65. The van der Waals surface area contributed by atoms with Crippen LogP contribution in [-0.4, -0.2) is 39.9 Å². The van der Waals surface area contributed by atoms with Crippen molar-refractivity contribution in [3.63, 3.8) is 0 Å². The van der Waals surface area contributed by atoms with Crippen molar-refractivity contribution < 1.29 is 9.47 Å². The number of guanidine groups is 1. The van der Waals surface area contributed by atoms with Gasteiger partial charge in [-0.25, -0.2) is 0 Å². The Morgan fingerprint density at radius 3 is 2.57 bits per heavy atom.